The molecule has 0 radical (unpaired) electrons. The average Bonchev–Trinajstić information content (AvgIpc) is 3.15. The SMILES string of the molecule is CCNC(=NCCCOC1CCOC1)NCCCCN1CCOCC1.I. The molecule has 1 atom stereocenters. The minimum atomic E-state index is 0. The molecule has 0 spiro atoms. The van der Waals surface area contributed by atoms with Gasteiger partial charge >= 0.3 is 0 Å². The highest BCUT2D eigenvalue weighted by atomic mass is 127. The molecule has 26 heavy (non-hydrogen) atoms. The first-order valence-corrected chi connectivity index (χ1v) is 9.90. The number of aliphatic imine (C=N–C) groups is 1. The molecule has 2 heterocycles. The monoisotopic (exact) mass is 484 g/mol. The fourth-order valence-electron chi connectivity index (χ4n) is 2.98. The number of hydrogen-bond donors (Lipinski definition) is 2. The van der Waals surface area contributed by atoms with Gasteiger partial charge in [-0.05, 0) is 39.2 Å². The number of rotatable bonds is 11. The van der Waals surface area contributed by atoms with E-state index in [0.717, 1.165) is 91.0 Å². The third kappa shape index (κ3) is 10.9. The number of halogens is 1. The smallest absolute Gasteiger partial charge is 0.191 e. The topological polar surface area (TPSA) is 67.4 Å². The fraction of sp³-hybridized carbons (Fsp3) is 0.944. The molecule has 7 nitrogen and oxygen atoms in total. The van der Waals surface area contributed by atoms with Gasteiger partial charge in [-0.2, -0.15) is 0 Å². The van der Waals surface area contributed by atoms with Crippen LogP contribution in [0.1, 0.15) is 32.6 Å². The minimum absolute atomic E-state index is 0. The van der Waals surface area contributed by atoms with E-state index >= 15 is 0 Å². The largest absolute Gasteiger partial charge is 0.379 e. The highest BCUT2D eigenvalue weighted by molar-refractivity contribution is 14.0. The molecule has 2 aliphatic heterocycles. The Balaban J connectivity index is 0.00000338. The molecule has 2 saturated heterocycles. The van der Waals surface area contributed by atoms with Crippen molar-refractivity contribution >= 4 is 29.9 Å². The molecule has 154 valence electrons. The molecular weight excluding hydrogens is 447 g/mol. The molecule has 1 unspecified atom stereocenters. The fourth-order valence-corrected chi connectivity index (χ4v) is 2.98. The summed E-state index contributed by atoms with van der Waals surface area (Å²) in [6, 6.07) is 0. The van der Waals surface area contributed by atoms with Crippen molar-refractivity contribution in [1.82, 2.24) is 15.5 Å². The van der Waals surface area contributed by atoms with Gasteiger partial charge in [-0.25, -0.2) is 0 Å². The molecule has 0 amide bonds. The number of hydrogen-bond acceptors (Lipinski definition) is 5. The van der Waals surface area contributed by atoms with Gasteiger partial charge < -0.3 is 24.8 Å². The van der Waals surface area contributed by atoms with Crippen LogP contribution in [0.15, 0.2) is 4.99 Å². The van der Waals surface area contributed by atoms with Crippen molar-refractivity contribution in [2.45, 2.75) is 38.7 Å². The Morgan fingerprint density at radius 3 is 2.69 bits per heavy atom. The van der Waals surface area contributed by atoms with Crippen LogP contribution in [0.25, 0.3) is 0 Å². The van der Waals surface area contributed by atoms with E-state index in [4.69, 9.17) is 14.2 Å². The van der Waals surface area contributed by atoms with Gasteiger partial charge in [0.1, 0.15) is 0 Å². The average molecular weight is 484 g/mol. The predicted octanol–water partition coefficient (Wildman–Crippen LogP) is 1.47. The molecule has 0 saturated carbocycles. The molecule has 2 rings (SSSR count). The molecule has 2 fully saturated rings. The Bertz CT molecular complexity index is 362. The van der Waals surface area contributed by atoms with Crippen LogP contribution < -0.4 is 10.6 Å². The lowest BCUT2D eigenvalue weighted by Crippen LogP contribution is -2.39. The first-order chi connectivity index (χ1) is 12.4. The molecule has 0 aromatic heterocycles. The molecule has 0 aliphatic carbocycles. The van der Waals surface area contributed by atoms with Crippen LogP contribution in [0, 0.1) is 0 Å². The van der Waals surface area contributed by atoms with E-state index in [1.165, 1.54) is 13.0 Å². The van der Waals surface area contributed by atoms with Gasteiger partial charge in [0.25, 0.3) is 0 Å². The Kier molecular flexibility index (Phi) is 14.6. The minimum Gasteiger partial charge on any atom is -0.379 e. The summed E-state index contributed by atoms with van der Waals surface area (Å²) in [7, 11) is 0. The van der Waals surface area contributed by atoms with E-state index in [1.807, 2.05) is 0 Å². The van der Waals surface area contributed by atoms with E-state index in [-0.39, 0.29) is 24.0 Å². The van der Waals surface area contributed by atoms with Crippen LogP contribution in [0.4, 0.5) is 0 Å². The number of unbranched alkanes of at least 4 members (excludes halogenated alkanes) is 1. The van der Waals surface area contributed by atoms with Crippen molar-refractivity contribution in [3.8, 4) is 0 Å². The first-order valence-electron chi connectivity index (χ1n) is 9.90. The van der Waals surface area contributed by atoms with E-state index in [9.17, 15) is 0 Å². The second-order valence-electron chi connectivity index (χ2n) is 6.56. The lowest BCUT2D eigenvalue weighted by molar-refractivity contribution is 0.0372. The summed E-state index contributed by atoms with van der Waals surface area (Å²) in [6.07, 6.45) is 4.64. The molecule has 0 aromatic rings. The first kappa shape index (κ1) is 23.9. The second kappa shape index (κ2) is 15.9. The lowest BCUT2D eigenvalue weighted by atomic mass is 10.3. The summed E-state index contributed by atoms with van der Waals surface area (Å²) in [5.74, 6) is 0.915. The Hall–Kier alpha value is -0.160. The number of morpholine rings is 1. The third-order valence-corrected chi connectivity index (χ3v) is 4.46. The van der Waals surface area contributed by atoms with Crippen molar-refractivity contribution in [1.29, 1.82) is 0 Å². The quantitative estimate of drug-likeness (QED) is 0.201. The van der Waals surface area contributed by atoms with Crippen LogP contribution in [0.3, 0.4) is 0 Å². The Labute approximate surface area is 175 Å². The molecule has 0 bridgehead atoms. The summed E-state index contributed by atoms with van der Waals surface area (Å²) < 4.78 is 16.4. The number of nitrogens with one attached hydrogen (secondary N) is 2. The van der Waals surface area contributed by atoms with Crippen molar-refractivity contribution < 1.29 is 14.2 Å². The van der Waals surface area contributed by atoms with Crippen molar-refractivity contribution in [2.75, 3.05) is 72.3 Å². The van der Waals surface area contributed by atoms with Gasteiger partial charge in [0, 0.05) is 45.9 Å². The summed E-state index contributed by atoms with van der Waals surface area (Å²) in [5, 5.41) is 6.73. The highest BCUT2D eigenvalue weighted by Gasteiger charge is 2.15. The number of guanidine groups is 1. The van der Waals surface area contributed by atoms with Crippen LogP contribution in [0.5, 0.6) is 0 Å². The maximum atomic E-state index is 5.77. The van der Waals surface area contributed by atoms with Gasteiger partial charge in [0.15, 0.2) is 5.96 Å². The Morgan fingerprint density at radius 2 is 1.96 bits per heavy atom. The third-order valence-electron chi connectivity index (χ3n) is 4.46. The van der Waals surface area contributed by atoms with Gasteiger partial charge in [-0.3, -0.25) is 9.89 Å². The van der Waals surface area contributed by atoms with E-state index in [2.05, 4.69) is 27.4 Å². The number of nitrogens with zero attached hydrogens (tertiary/aromatic N) is 2. The molecular formula is C18H37IN4O3. The zero-order valence-electron chi connectivity index (χ0n) is 16.2. The standard InChI is InChI=1S/C18H36N4O3.HI/c1-2-19-18(21-8-5-12-25-17-6-13-24-16-17)20-7-3-4-9-22-10-14-23-15-11-22;/h17H,2-16H2,1H3,(H2,19,20,21);1H. The van der Waals surface area contributed by atoms with Crippen molar-refractivity contribution in [2.24, 2.45) is 4.99 Å². The molecule has 0 aromatic carbocycles. The summed E-state index contributed by atoms with van der Waals surface area (Å²) >= 11 is 0. The van der Waals surface area contributed by atoms with Gasteiger partial charge in [0.05, 0.1) is 25.9 Å². The normalized spacial score (nSPS) is 21.4. The maximum absolute atomic E-state index is 5.77. The number of ether oxygens (including phenoxy) is 3. The molecule has 2 N–H and O–H groups in total. The summed E-state index contributed by atoms with van der Waals surface area (Å²) in [5.41, 5.74) is 0. The molecule has 2 aliphatic rings. The molecule has 8 heteroatoms. The zero-order chi connectivity index (χ0) is 17.6. The zero-order valence-corrected chi connectivity index (χ0v) is 18.5. The van der Waals surface area contributed by atoms with E-state index in [0.29, 0.717) is 6.10 Å². The predicted molar refractivity (Wildman–Crippen MR) is 116 cm³/mol. The summed E-state index contributed by atoms with van der Waals surface area (Å²) in [4.78, 5) is 7.11. The lowest BCUT2D eigenvalue weighted by Gasteiger charge is -2.26. The van der Waals surface area contributed by atoms with Crippen LogP contribution in [0.2, 0.25) is 0 Å². The van der Waals surface area contributed by atoms with Crippen molar-refractivity contribution in [3.63, 3.8) is 0 Å². The van der Waals surface area contributed by atoms with Crippen LogP contribution in [-0.2, 0) is 14.2 Å². The van der Waals surface area contributed by atoms with E-state index < -0.39 is 0 Å². The van der Waals surface area contributed by atoms with Crippen molar-refractivity contribution in [3.05, 3.63) is 0 Å². The van der Waals surface area contributed by atoms with Gasteiger partial charge in [-0.1, -0.05) is 0 Å². The van der Waals surface area contributed by atoms with Crippen LogP contribution >= 0.6 is 24.0 Å². The highest BCUT2D eigenvalue weighted by Crippen LogP contribution is 2.08. The van der Waals surface area contributed by atoms with Gasteiger partial charge in [0.2, 0.25) is 0 Å². The van der Waals surface area contributed by atoms with Gasteiger partial charge in [-0.15, -0.1) is 24.0 Å². The Morgan fingerprint density at radius 1 is 1.12 bits per heavy atom. The maximum Gasteiger partial charge on any atom is 0.191 e. The summed E-state index contributed by atoms with van der Waals surface area (Å²) in [6.45, 7) is 12.2. The second-order valence-corrected chi connectivity index (χ2v) is 6.56. The van der Waals surface area contributed by atoms with E-state index in [1.54, 1.807) is 0 Å². The van der Waals surface area contributed by atoms with Crippen LogP contribution in [-0.4, -0.2) is 89.3 Å².